The van der Waals surface area contributed by atoms with Gasteiger partial charge in [-0.15, -0.1) is 0 Å². The number of aromatic nitrogens is 1. The molecule has 1 aliphatic carbocycles. The first-order valence-corrected chi connectivity index (χ1v) is 6.89. The second-order valence-electron chi connectivity index (χ2n) is 4.46. The third-order valence-corrected chi connectivity index (χ3v) is 4.04. The van der Waals surface area contributed by atoms with Crippen LogP contribution in [0.3, 0.4) is 0 Å². The first-order valence-electron chi connectivity index (χ1n) is 5.72. The Morgan fingerprint density at radius 3 is 2.83 bits per heavy atom. The fraction of sp³-hybridized carbons (Fsp3) is 0.308. The molecule has 0 unspecified atom stereocenters. The summed E-state index contributed by atoms with van der Waals surface area (Å²) in [5.74, 6) is 0.786. The number of hydrogen-bond donors (Lipinski definition) is 1. The lowest BCUT2D eigenvalue weighted by Crippen LogP contribution is -2.37. The normalized spacial score (nSPS) is 22.8. The first kappa shape index (κ1) is 12.2. The SMILES string of the molecule is OC1CC(Oc2ccc(Br)c3cc(Cl)ncc23)C1. The topological polar surface area (TPSA) is 42.4 Å². The van der Waals surface area contributed by atoms with Crippen LogP contribution < -0.4 is 4.74 Å². The molecule has 18 heavy (non-hydrogen) atoms. The molecule has 1 fully saturated rings. The number of ether oxygens (including phenoxy) is 1. The zero-order chi connectivity index (χ0) is 12.7. The number of pyridine rings is 1. The number of aliphatic hydroxyl groups is 1. The van der Waals surface area contributed by atoms with E-state index in [-0.39, 0.29) is 12.2 Å². The van der Waals surface area contributed by atoms with Crippen molar-refractivity contribution in [3.63, 3.8) is 0 Å². The summed E-state index contributed by atoms with van der Waals surface area (Å²) in [6, 6.07) is 5.65. The first-order chi connectivity index (χ1) is 8.63. The van der Waals surface area contributed by atoms with Gasteiger partial charge in [0.15, 0.2) is 0 Å². The van der Waals surface area contributed by atoms with E-state index >= 15 is 0 Å². The summed E-state index contributed by atoms with van der Waals surface area (Å²) in [5.41, 5.74) is 0. The largest absolute Gasteiger partial charge is 0.490 e. The maximum absolute atomic E-state index is 9.27. The fourth-order valence-corrected chi connectivity index (χ4v) is 2.69. The monoisotopic (exact) mass is 327 g/mol. The van der Waals surface area contributed by atoms with Crippen molar-refractivity contribution in [1.82, 2.24) is 4.98 Å². The Bertz CT molecular complexity index is 599. The van der Waals surface area contributed by atoms with Crippen molar-refractivity contribution in [3.8, 4) is 5.75 Å². The minimum Gasteiger partial charge on any atom is -0.490 e. The van der Waals surface area contributed by atoms with Gasteiger partial charge in [-0.25, -0.2) is 4.98 Å². The van der Waals surface area contributed by atoms with Gasteiger partial charge in [0, 0.05) is 34.3 Å². The van der Waals surface area contributed by atoms with Crippen molar-refractivity contribution < 1.29 is 9.84 Å². The second-order valence-corrected chi connectivity index (χ2v) is 5.70. The Labute approximate surface area is 118 Å². The van der Waals surface area contributed by atoms with Crippen LogP contribution in [-0.4, -0.2) is 22.3 Å². The number of rotatable bonds is 2. The summed E-state index contributed by atoms with van der Waals surface area (Å²) < 4.78 is 6.83. The summed E-state index contributed by atoms with van der Waals surface area (Å²) >= 11 is 9.39. The Morgan fingerprint density at radius 2 is 2.11 bits per heavy atom. The standard InChI is InChI=1S/C13H11BrClNO2/c14-11-1-2-12(18-8-3-7(17)4-8)10-6-16-13(15)5-9(10)11/h1-2,5-8,17H,3-4H2. The Balaban J connectivity index is 1.99. The fourth-order valence-electron chi connectivity index (χ4n) is 2.07. The van der Waals surface area contributed by atoms with Crippen molar-refractivity contribution in [3.05, 3.63) is 34.0 Å². The molecular weight excluding hydrogens is 318 g/mol. The molecule has 1 heterocycles. The highest BCUT2D eigenvalue weighted by Crippen LogP contribution is 2.35. The highest BCUT2D eigenvalue weighted by molar-refractivity contribution is 9.10. The molecule has 0 saturated heterocycles. The molecule has 0 spiro atoms. The van der Waals surface area contributed by atoms with E-state index in [0.29, 0.717) is 18.0 Å². The zero-order valence-electron chi connectivity index (χ0n) is 9.44. The third kappa shape index (κ3) is 2.20. The van der Waals surface area contributed by atoms with Gasteiger partial charge in [0.2, 0.25) is 0 Å². The number of benzene rings is 1. The summed E-state index contributed by atoms with van der Waals surface area (Å²) in [7, 11) is 0. The van der Waals surface area contributed by atoms with Gasteiger partial charge in [0.25, 0.3) is 0 Å². The van der Waals surface area contributed by atoms with E-state index < -0.39 is 0 Å². The summed E-state index contributed by atoms with van der Waals surface area (Å²) in [6.07, 6.45) is 2.98. The molecule has 1 aromatic heterocycles. The second kappa shape index (κ2) is 4.68. The molecule has 0 amide bonds. The van der Waals surface area contributed by atoms with Gasteiger partial charge in [-0.1, -0.05) is 27.5 Å². The lowest BCUT2D eigenvalue weighted by molar-refractivity contribution is -0.0100. The van der Waals surface area contributed by atoms with Gasteiger partial charge in [-0.05, 0) is 18.2 Å². The van der Waals surface area contributed by atoms with Crippen LogP contribution in [0.2, 0.25) is 5.15 Å². The number of nitrogens with zero attached hydrogens (tertiary/aromatic N) is 1. The number of halogens is 2. The third-order valence-electron chi connectivity index (χ3n) is 3.14. The number of hydrogen-bond acceptors (Lipinski definition) is 3. The molecule has 2 aromatic rings. The minimum absolute atomic E-state index is 0.0973. The molecule has 5 heteroatoms. The van der Waals surface area contributed by atoms with Crippen molar-refractivity contribution in [2.45, 2.75) is 25.0 Å². The van der Waals surface area contributed by atoms with Crippen molar-refractivity contribution in [2.75, 3.05) is 0 Å². The van der Waals surface area contributed by atoms with Gasteiger partial charge in [-0.3, -0.25) is 0 Å². The Morgan fingerprint density at radius 1 is 1.33 bits per heavy atom. The molecule has 1 aromatic carbocycles. The predicted octanol–water partition coefficient (Wildman–Crippen LogP) is 3.55. The van der Waals surface area contributed by atoms with Crippen LogP contribution in [0.15, 0.2) is 28.9 Å². The average molecular weight is 329 g/mol. The highest BCUT2D eigenvalue weighted by atomic mass is 79.9. The van der Waals surface area contributed by atoms with Crippen LogP contribution in [0.5, 0.6) is 5.75 Å². The molecule has 3 nitrogen and oxygen atoms in total. The number of fused-ring (bicyclic) bond motifs is 1. The average Bonchev–Trinajstić information content (AvgIpc) is 2.31. The van der Waals surface area contributed by atoms with Crippen molar-refractivity contribution in [1.29, 1.82) is 0 Å². The maximum atomic E-state index is 9.27. The minimum atomic E-state index is -0.218. The summed E-state index contributed by atoms with van der Waals surface area (Å²) in [6.45, 7) is 0. The van der Waals surface area contributed by atoms with E-state index in [1.807, 2.05) is 18.2 Å². The van der Waals surface area contributed by atoms with Crippen molar-refractivity contribution in [2.24, 2.45) is 0 Å². The van der Waals surface area contributed by atoms with Crippen LogP contribution >= 0.6 is 27.5 Å². The molecule has 1 N–H and O–H groups in total. The van der Waals surface area contributed by atoms with Crippen molar-refractivity contribution >= 4 is 38.3 Å². The molecule has 0 aliphatic heterocycles. The molecule has 94 valence electrons. The lowest BCUT2D eigenvalue weighted by Gasteiger charge is -2.32. The van der Waals surface area contributed by atoms with Gasteiger partial charge in [0.05, 0.1) is 6.10 Å². The smallest absolute Gasteiger partial charge is 0.129 e. The quantitative estimate of drug-likeness (QED) is 0.857. The molecule has 0 atom stereocenters. The van der Waals surface area contributed by atoms with E-state index in [1.165, 1.54) is 0 Å². The lowest BCUT2D eigenvalue weighted by atomic mass is 9.92. The van der Waals surface area contributed by atoms with E-state index in [1.54, 1.807) is 6.20 Å². The molecule has 1 saturated carbocycles. The summed E-state index contributed by atoms with van der Waals surface area (Å²) in [4.78, 5) is 4.09. The van der Waals surface area contributed by atoms with E-state index in [4.69, 9.17) is 16.3 Å². The van der Waals surface area contributed by atoms with Crippen LogP contribution in [0.25, 0.3) is 10.8 Å². The van der Waals surface area contributed by atoms with E-state index in [0.717, 1.165) is 21.0 Å². The van der Waals surface area contributed by atoms with E-state index in [9.17, 15) is 5.11 Å². The van der Waals surface area contributed by atoms with Crippen LogP contribution in [0.4, 0.5) is 0 Å². The van der Waals surface area contributed by atoms with Crippen LogP contribution in [0, 0.1) is 0 Å². The molecule has 3 rings (SSSR count). The van der Waals surface area contributed by atoms with Crippen LogP contribution in [-0.2, 0) is 0 Å². The molecule has 0 radical (unpaired) electrons. The molecular formula is C13H11BrClNO2. The Kier molecular flexibility index (Phi) is 3.18. The highest BCUT2D eigenvalue weighted by Gasteiger charge is 2.29. The maximum Gasteiger partial charge on any atom is 0.129 e. The Hall–Kier alpha value is -0.840. The zero-order valence-corrected chi connectivity index (χ0v) is 11.8. The van der Waals surface area contributed by atoms with E-state index in [2.05, 4.69) is 20.9 Å². The van der Waals surface area contributed by atoms with Crippen LogP contribution in [0.1, 0.15) is 12.8 Å². The molecule has 1 aliphatic rings. The van der Waals surface area contributed by atoms with Gasteiger partial charge in [-0.2, -0.15) is 0 Å². The van der Waals surface area contributed by atoms with Gasteiger partial charge >= 0.3 is 0 Å². The van der Waals surface area contributed by atoms with Gasteiger partial charge in [0.1, 0.15) is 17.0 Å². The summed E-state index contributed by atoms with van der Waals surface area (Å²) in [5, 5.41) is 11.6. The van der Waals surface area contributed by atoms with Gasteiger partial charge < -0.3 is 9.84 Å². The molecule has 0 bridgehead atoms. The number of aliphatic hydroxyl groups excluding tert-OH is 1. The predicted molar refractivity (Wildman–Crippen MR) is 74.1 cm³/mol.